The first-order valence-electron chi connectivity index (χ1n) is 10.4. The van der Waals surface area contributed by atoms with Crippen molar-refractivity contribution in [2.24, 2.45) is 13.0 Å². The number of rotatable bonds is 5. The van der Waals surface area contributed by atoms with Crippen molar-refractivity contribution in [3.63, 3.8) is 0 Å². The zero-order chi connectivity index (χ0) is 18.6. The molecule has 0 unspecified atom stereocenters. The second-order valence-corrected chi connectivity index (χ2v) is 8.24. The van der Waals surface area contributed by atoms with Gasteiger partial charge in [0.05, 0.1) is 0 Å². The number of aliphatic hydroxyl groups is 1. The molecule has 1 aliphatic heterocycles. The average Bonchev–Trinajstić information content (AvgIpc) is 3.15. The van der Waals surface area contributed by atoms with Crippen molar-refractivity contribution in [3.8, 4) is 0 Å². The van der Waals surface area contributed by atoms with Crippen LogP contribution in [0.3, 0.4) is 0 Å². The fourth-order valence-corrected chi connectivity index (χ4v) is 4.58. The SMILES string of the molecule is Cn1ccnc1[C@@H](O)C1CCN(Cc2cnc(C3CCCCC3)nc2)CC1. The summed E-state index contributed by atoms with van der Waals surface area (Å²) in [4.78, 5) is 16.1. The summed E-state index contributed by atoms with van der Waals surface area (Å²) in [5.74, 6) is 2.67. The van der Waals surface area contributed by atoms with Crippen molar-refractivity contribution in [1.82, 2.24) is 24.4 Å². The molecule has 27 heavy (non-hydrogen) atoms. The molecule has 0 bridgehead atoms. The number of piperidine rings is 1. The third-order valence-corrected chi connectivity index (χ3v) is 6.30. The smallest absolute Gasteiger partial charge is 0.137 e. The zero-order valence-electron chi connectivity index (χ0n) is 16.3. The summed E-state index contributed by atoms with van der Waals surface area (Å²) in [5.41, 5.74) is 1.19. The van der Waals surface area contributed by atoms with Crippen molar-refractivity contribution in [1.29, 1.82) is 0 Å². The van der Waals surface area contributed by atoms with Crippen LogP contribution in [0.15, 0.2) is 24.8 Å². The van der Waals surface area contributed by atoms with E-state index >= 15 is 0 Å². The van der Waals surface area contributed by atoms with Crippen LogP contribution in [0.1, 0.15) is 74.2 Å². The van der Waals surface area contributed by atoms with E-state index in [9.17, 15) is 5.11 Å². The van der Waals surface area contributed by atoms with E-state index in [-0.39, 0.29) is 5.92 Å². The Labute approximate surface area is 161 Å². The van der Waals surface area contributed by atoms with Gasteiger partial charge in [-0.25, -0.2) is 15.0 Å². The largest absolute Gasteiger partial charge is 0.385 e. The number of aromatic nitrogens is 4. The van der Waals surface area contributed by atoms with Gasteiger partial charge in [-0.1, -0.05) is 19.3 Å². The van der Waals surface area contributed by atoms with Gasteiger partial charge in [-0.3, -0.25) is 4.90 Å². The van der Waals surface area contributed by atoms with Crippen molar-refractivity contribution in [2.75, 3.05) is 13.1 Å². The number of aryl methyl sites for hydroxylation is 1. The molecule has 4 rings (SSSR count). The predicted octanol–water partition coefficient (Wildman–Crippen LogP) is 3.20. The van der Waals surface area contributed by atoms with Crippen LogP contribution in [-0.2, 0) is 13.6 Å². The standard InChI is InChI=1S/C21H31N5O/c1-25-12-9-22-21(25)19(27)17-7-10-26(11-8-17)15-16-13-23-20(24-14-16)18-5-3-2-4-6-18/h9,12-14,17-19,27H,2-8,10-11,15H2,1H3/t19-/m0/s1. The molecule has 6 nitrogen and oxygen atoms in total. The van der Waals surface area contributed by atoms with Gasteiger partial charge in [-0.05, 0) is 44.7 Å². The molecule has 1 saturated carbocycles. The summed E-state index contributed by atoms with van der Waals surface area (Å²) in [7, 11) is 1.94. The lowest BCUT2D eigenvalue weighted by Gasteiger charge is -2.34. The lowest BCUT2D eigenvalue weighted by atomic mass is 9.88. The maximum Gasteiger partial charge on any atom is 0.137 e. The molecule has 2 aromatic heterocycles. The first kappa shape index (κ1) is 18.6. The van der Waals surface area contributed by atoms with E-state index in [4.69, 9.17) is 0 Å². The van der Waals surface area contributed by atoms with Crippen LogP contribution >= 0.6 is 0 Å². The summed E-state index contributed by atoms with van der Waals surface area (Å²) in [6.45, 7) is 2.89. The Morgan fingerprint density at radius 2 is 1.74 bits per heavy atom. The van der Waals surface area contributed by atoms with Gasteiger partial charge in [-0.2, -0.15) is 0 Å². The molecule has 2 aliphatic rings. The molecule has 0 radical (unpaired) electrons. The van der Waals surface area contributed by atoms with Crippen LogP contribution < -0.4 is 0 Å². The average molecular weight is 370 g/mol. The molecule has 1 N–H and O–H groups in total. The molecular weight excluding hydrogens is 338 g/mol. The quantitative estimate of drug-likeness (QED) is 0.877. The molecule has 1 saturated heterocycles. The molecule has 0 amide bonds. The maximum atomic E-state index is 10.6. The number of imidazole rings is 1. The van der Waals surface area contributed by atoms with Gasteiger partial charge in [0, 0.05) is 49.9 Å². The summed E-state index contributed by atoms with van der Waals surface area (Å²) < 4.78 is 1.92. The third-order valence-electron chi connectivity index (χ3n) is 6.30. The highest BCUT2D eigenvalue weighted by Gasteiger charge is 2.28. The molecule has 1 aliphatic carbocycles. The molecule has 1 atom stereocenters. The van der Waals surface area contributed by atoms with E-state index in [2.05, 4.69) is 19.9 Å². The lowest BCUT2D eigenvalue weighted by molar-refractivity contribution is 0.0491. The highest BCUT2D eigenvalue weighted by atomic mass is 16.3. The summed E-state index contributed by atoms with van der Waals surface area (Å²) in [5, 5.41) is 10.6. The first-order valence-corrected chi connectivity index (χ1v) is 10.4. The van der Waals surface area contributed by atoms with E-state index in [0.717, 1.165) is 44.1 Å². The van der Waals surface area contributed by atoms with E-state index in [0.29, 0.717) is 5.92 Å². The van der Waals surface area contributed by atoms with Crippen LogP contribution in [0, 0.1) is 5.92 Å². The van der Waals surface area contributed by atoms with E-state index < -0.39 is 6.10 Å². The van der Waals surface area contributed by atoms with Crippen molar-refractivity contribution < 1.29 is 5.11 Å². The summed E-state index contributed by atoms with van der Waals surface area (Å²) in [6, 6.07) is 0. The molecule has 146 valence electrons. The minimum Gasteiger partial charge on any atom is -0.385 e. The predicted molar refractivity (Wildman–Crippen MR) is 104 cm³/mol. The normalized spacial score (nSPS) is 21.4. The molecular formula is C21H31N5O. The summed E-state index contributed by atoms with van der Waals surface area (Å²) in [6.07, 6.45) is 15.7. The number of hydrogen-bond acceptors (Lipinski definition) is 5. The van der Waals surface area contributed by atoms with Crippen molar-refractivity contribution in [3.05, 3.63) is 42.0 Å². The van der Waals surface area contributed by atoms with Crippen LogP contribution in [0.5, 0.6) is 0 Å². The second-order valence-electron chi connectivity index (χ2n) is 8.24. The Kier molecular flexibility index (Phi) is 5.83. The molecule has 2 aromatic rings. The van der Waals surface area contributed by atoms with Gasteiger partial charge in [-0.15, -0.1) is 0 Å². The van der Waals surface area contributed by atoms with E-state index in [1.54, 1.807) is 6.20 Å². The monoisotopic (exact) mass is 369 g/mol. The number of hydrogen-bond donors (Lipinski definition) is 1. The van der Waals surface area contributed by atoms with Gasteiger partial charge >= 0.3 is 0 Å². The highest BCUT2D eigenvalue weighted by Crippen LogP contribution is 2.31. The fraction of sp³-hybridized carbons (Fsp3) is 0.667. The number of aliphatic hydroxyl groups excluding tert-OH is 1. The molecule has 2 fully saturated rings. The Bertz CT molecular complexity index is 714. The molecule has 3 heterocycles. The Morgan fingerprint density at radius 1 is 1.04 bits per heavy atom. The Hall–Kier alpha value is -1.79. The van der Waals surface area contributed by atoms with Gasteiger partial charge < -0.3 is 9.67 Å². The van der Waals surface area contributed by atoms with Crippen LogP contribution in [-0.4, -0.2) is 42.6 Å². The Balaban J connectivity index is 1.28. The molecule has 0 aromatic carbocycles. The zero-order valence-corrected chi connectivity index (χ0v) is 16.3. The van der Waals surface area contributed by atoms with Crippen molar-refractivity contribution in [2.45, 2.75) is 63.5 Å². The van der Waals surface area contributed by atoms with Crippen LogP contribution in [0.2, 0.25) is 0 Å². The lowest BCUT2D eigenvalue weighted by Crippen LogP contribution is -2.35. The minimum absolute atomic E-state index is 0.285. The van der Waals surface area contributed by atoms with Gasteiger partial charge in [0.2, 0.25) is 0 Å². The van der Waals surface area contributed by atoms with E-state index in [1.807, 2.05) is 30.2 Å². The Morgan fingerprint density at radius 3 is 2.37 bits per heavy atom. The number of likely N-dealkylation sites (tertiary alicyclic amines) is 1. The van der Waals surface area contributed by atoms with Gasteiger partial charge in [0.15, 0.2) is 0 Å². The first-order chi connectivity index (χ1) is 13.2. The number of nitrogens with zero attached hydrogens (tertiary/aromatic N) is 5. The summed E-state index contributed by atoms with van der Waals surface area (Å²) >= 11 is 0. The van der Waals surface area contributed by atoms with Crippen LogP contribution in [0.4, 0.5) is 0 Å². The van der Waals surface area contributed by atoms with Crippen molar-refractivity contribution >= 4 is 0 Å². The maximum absolute atomic E-state index is 10.6. The minimum atomic E-state index is -0.467. The fourth-order valence-electron chi connectivity index (χ4n) is 4.58. The van der Waals surface area contributed by atoms with Crippen LogP contribution in [0.25, 0.3) is 0 Å². The van der Waals surface area contributed by atoms with Gasteiger partial charge in [0.1, 0.15) is 17.8 Å². The third kappa shape index (κ3) is 4.38. The molecule has 0 spiro atoms. The highest BCUT2D eigenvalue weighted by molar-refractivity contribution is 5.08. The van der Waals surface area contributed by atoms with Gasteiger partial charge in [0.25, 0.3) is 0 Å². The molecule has 6 heteroatoms. The van der Waals surface area contributed by atoms with E-state index in [1.165, 1.54) is 37.7 Å². The second kappa shape index (κ2) is 8.48. The topological polar surface area (TPSA) is 67.1 Å².